The van der Waals surface area contributed by atoms with Crippen molar-refractivity contribution >= 4 is 23.2 Å². The molecule has 0 amide bonds. The number of carbonyl (C=O) groups is 2. The van der Waals surface area contributed by atoms with Crippen molar-refractivity contribution in [3.8, 4) is 12.3 Å². The molecule has 10 heavy (non-hydrogen) atoms. The first kappa shape index (κ1) is 8.79. The molecule has 0 atom stereocenters. The van der Waals surface area contributed by atoms with Crippen LogP contribution in [-0.4, -0.2) is 18.2 Å². The van der Waals surface area contributed by atoms with Crippen molar-refractivity contribution in [1.29, 1.82) is 0 Å². The van der Waals surface area contributed by atoms with Gasteiger partial charge in [0.25, 0.3) is 0 Å². The normalized spacial score (nSPS) is 7.60. The van der Waals surface area contributed by atoms with Gasteiger partial charge in [0.05, 0.1) is 0 Å². The predicted octanol–water partition coefficient (Wildman–Crippen LogP) is 1.13. The summed E-state index contributed by atoms with van der Waals surface area (Å²) in [5, 5.41) is 0. The van der Waals surface area contributed by atoms with E-state index in [2.05, 4.69) is 21.1 Å². The number of hydrogen-bond acceptors (Lipinski definition) is 4. The van der Waals surface area contributed by atoms with Crippen molar-refractivity contribution in [2.75, 3.05) is 6.61 Å². The summed E-state index contributed by atoms with van der Waals surface area (Å²) < 4.78 is 7.82. The second-order valence-electron chi connectivity index (χ2n) is 1.08. The third-order valence-corrected chi connectivity index (χ3v) is 0.514. The summed E-state index contributed by atoms with van der Waals surface area (Å²) in [5.41, 5.74) is -1.25. The van der Waals surface area contributed by atoms with Crippen LogP contribution in [0.1, 0.15) is 0 Å². The molecule has 0 aromatic heterocycles. The molecule has 5 heteroatoms. The molecular weight excluding hydrogens is 160 g/mol. The van der Waals surface area contributed by atoms with Gasteiger partial charge in [-0.2, -0.15) is 0 Å². The van der Waals surface area contributed by atoms with Crippen LogP contribution in [0, 0.1) is 12.3 Å². The van der Waals surface area contributed by atoms with Crippen LogP contribution >= 0.6 is 11.6 Å². The van der Waals surface area contributed by atoms with Crippen molar-refractivity contribution in [3.05, 3.63) is 0 Å². The van der Waals surface area contributed by atoms with Gasteiger partial charge in [-0.15, -0.1) is 6.42 Å². The topological polar surface area (TPSA) is 52.6 Å². The highest BCUT2D eigenvalue weighted by atomic mass is 35.5. The Bertz CT molecular complexity index is 181. The quantitative estimate of drug-likeness (QED) is 0.251. The van der Waals surface area contributed by atoms with Crippen LogP contribution in [0.15, 0.2) is 0 Å². The van der Waals surface area contributed by atoms with E-state index in [1.165, 1.54) is 0 Å². The van der Waals surface area contributed by atoms with E-state index in [0.29, 0.717) is 0 Å². The molecule has 0 heterocycles. The highest BCUT2D eigenvalue weighted by Gasteiger charge is 2.06. The van der Waals surface area contributed by atoms with E-state index < -0.39 is 11.6 Å². The summed E-state index contributed by atoms with van der Waals surface area (Å²) in [7, 11) is 0. The molecule has 0 aliphatic rings. The number of hydrogen-bond donors (Lipinski definition) is 0. The van der Waals surface area contributed by atoms with Crippen molar-refractivity contribution in [3.63, 3.8) is 0 Å². The summed E-state index contributed by atoms with van der Waals surface area (Å²) in [6.07, 6.45) is 3.51. The third-order valence-electron chi connectivity index (χ3n) is 0.437. The maximum atomic E-state index is 10.2. The molecule has 0 aliphatic heterocycles. The highest BCUT2D eigenvalue weighted by molar-refractivity contribution is 6.61. The molecule has 0 saturated carbocycles. The molecule has 4 nitrogen and oxygen atoms in total. The van der Waals surface area contributed by atoms with Crippen LogP contribution in [-0.2, 0) is 9.47 Å². The van der Waals surface area contributed by atoms with Crippen molar-refractivity contribution in [2.24, 2.45) is 0 Å². The molecule has 0 radical (unpaired) electrons. The van der Waals surface area contributed by atoms with E-state index in [0.717, 1.165) is 0 Å². The summed E-state index contributed by atoms with van der Waals surface area (Å²) in [5.74, 6) is 1.99. The van der Waals surface area contributed by atoms with Gasteiger partial charge in [0.2, 0.25) is 0 Å². The fourth-order valence-corrected chi connectivity index (χ4v) is 0.259. The zero-order valence-electron chi connectivity index (χ0n) is 4.80. The molecule has 0 N–H and O–H groups in total. The standard InChI is InChI=1S/C5H3ClO4/c1-2-3-9-5(8)10-4(6)7/h1H,3H2. The maximum absolute atomic E-state index is 10.2. The Kier molecular flexibility index (Phi) is 4.09. The van der Waals surface area contributed by atoms with Gasteiger partial charge in [0, 0.05) is 11.6 Å². The van der Waals surface area contributed by atoms with Gasteiger partial charge in [0.1, 0.15) is 0 Å². The average molecular weight is 163 g/mol. The molecule has 0 fully saturated rings. The Labute approximate surface area is 62.1 Å². The molecule has 0 spiro atoms. The highest BCUT2D eigenvalue weighted by Crippen LogP contribution is 1.90. The lowest BCUT2D eigenvalue weighted by Gasteiger charge is -1.95. The molecule has 0 aromatic carbocycles. The van der Waals surface area contributed by atoms with Crippen LogP contribution in [0.4, 0.5) is 9.59 Å². The fourth-order valence-electron chi connectivity index (χ4n) is 0.196. The number of ether oxygens (including phenoxy) is 2. The lowest BCUT2D eigenvalue weighted by Crippen LogP contribution is -2.08. The summed E-state index contributed by atoms with van der Waals surface area (Å²) in [6.45, 7) is -0.247. The first-order valence-electron chi connectivity index (χ1n) is 2.14. The zero-order chi connectivity index (χ0) is 7.98. The molecule has 0 saturated heterocycles. The maximum Gasteiger partial charge on any atom is 0.517 e. The smallest absolute Gasteiger partial charge is 0.421 e. The monoisotopic (exact) mass is 162 g/mol. The van der Waals surface area contributed by atoms with Gasteiger partial charge in [-0.25, -0.2) is 9.59 Å². The van der Waals surface area contributed by atoms with Crippen molar-refractivity contribution in [1.82, 2.24) is 0 Å². The molecular formula is C5H3ClO4. The molecule has 0 aliphatic carbocycles. The molecule has 0 unspecified atom stereocenters. The Morgan fingerprint density at radius 2 is 2.20 bits per heavy atom. The second kappa shape index (κ2) is 4.65. The number of halogens is 1. The van der Waals surface area contributed by atoms with E-state index in [-0.39, 0.29) is 6.61 Å². The van der Waals surface area contributed by atoms with Crippen LogP contribution in [0.25, 0.3) is 0 Å². The van der Waals surface area contributed by atoms with E-state index >= 15 is 0 Å². The Morgan fingerprint density at radius 3 is 2.60 bits per heavy atom. The average Bonchev–Trinajstić information content (AvgIpc) is 1.82. The van der Waals surface area contributed by atoms with Crippen molar-refractivity contribution < 1.29 is 19.1 Å². The Morgan fingerprint density at radius 1 is 1.60 bits per heavy atom. The Balaban J connectivity index is 3.47. The minimum atomic E-state index is -1.25. The molecule has 0 aromatic rings. The first-order valence-corrected chi connectivity index (χ1v) is 2.52. The van der Waals surface area contributed by atoms with Gasteiger partial charge in [0.15, 0.2) is 6.61 Å². The summed E-state index contributed by atoms with van der Waals surface area (Å²) in [4.78, 5) is 20.0. The van der Waals surface area contributed by atoms with Crippen LogP contribution in [0.5, 0.6) is 0 Å². The molecule has 54 valence electrons. The van der Waals surface area contributed by atoms with Gasteiger partial charge in [-0.05, 0) is 0 Å². The van der Waals surface area contributed by atoms with E-state index in [4.69, 9.17) is 6.42 Å². The van der Waals surface area contributed by atoms with Gasteiger partial charge in [-0.3, -0.25) is 0 Å². The number of rotatable bonds is 1. The lowest BCUT2D eigenvalue weighted by molar-refractivity contribution is 0.0931. The minimum absolute atomic E-state index is 0.247. The number of terminal acetylenes is 1. The SMILES string of the molecule is C#CCOC(=O)OC(=O)Cl. The molecule has 0 bridgehead atoms. The molecule has 0 rings (SSSR count). The summed E-state index contributed by atoms with van der Waals surface area (Å²) in [6, 6.07) is 0. The number of carbonyl (C=O) groups excluding carboxylic acids is 2. The van der Waals surface area contributed by atoms with E-state index in [1.807, 2.05) is 5.92 Å². The van der Waals surface area contributed by atoms with Gasteiger partial charge >= 0.3 is 11.6 Å². The van der Waals surface area contributed by atoms with Crippen LogP contribution < -0.4 is 0 Å². The summed E-state index contributed by atoms with van der Waals surface area (Å²) >= 11 is 4.64. The van der Waals surface area contributed by atoms with E-state index in [9.17, 15) is 9.59 Å². The van der Waals surface area contributed by atoms with Crippen LogP contribution in [0.2, 0.25) is 0 Å². The van der Waals surface area contributed by atoms with Crippen LogP contribution in [0.3, 0.4) is 0 Å². The third kappa shape index (κ3) is 4.94. The van der Waals surface area contributed by atoms with E-state index in [1.54, 1.807) is 0 Å². The Hall–Kier alpha value is -1.21. The minimum Gasteiger partial charge on any atom is -0.421 e. The second-order valence-corrected chi connectivity index (χ2v) is 1.39. The van der Waals surface area contributed by atoms with Crippen molar-refractivity contribution in [2.45, 2.75) is 0 Å². The first-order chi connectivity index (χ1) is 4.66. The lowest BCUT2D eigenvalue weighted by atomic mass is 10.8. The fraction of sp³-hybridized carbons (Fsp3) is 0.200. The van der Waals surface area contributed by atoms with Gasteiger partial charge in [-0.1, -0.05) is 5.92 Å². The zero-order valence-corrected chi connectivity index (χ0v) is 5.55. The van der Waals surface area contributed by atoms with Gasteiger partial charge < -0.3 is 9.47 Å². The predicted molar refractivity (Wildman–Crippen MR) is 32.5 cm³/mol. The largest absolute Gasteiger partial charge is 0.517 e.